The zero-order valence-electron chi connectivity index (χ0n) is 11.1. The molecule has 6 heteroatoms. The number of esters is 1. The minimum atomic E-state index is -3.12. The number of nitrogens with two attached hydrogens (primary N) is 1. The van der Waals surface area contributed by atoms with Crippen molar-refractivity contribution >= 4 is 15.8 Å². The molecule has 5 nitrogen and oxygen atoms in total. The zero-order valence-corrected chi connectivity index (χ0v) is 11.9. The maximum Gasteiger partial charge on any atom is 0.323 e. The minimum Gasteiger partial charge on any atom is -0.457 e. The highest BCUT2D eigenvalue weighted by Crippen LogP contribution is 2.16. The van der Waals surface area contributed by atoms with Gasteiger partial charge in [-0.2, -0.15) is 0 Å². The number of hydrogen-bond donors (Lipinski definition) is 1. The van der Waals surface area contributed by atoms with Crippen LogP contribution in [-0.2, 0) is 19.4 Å². The van der Waals surface area contributed by atoms with Crippen molar-refractivity contribution in [2.45, 2.75) is 25.5 Å². The van der Waals surface area contributed by atoms with Gasteiger partial charge in [-0.25, -0.2) is 8.42 Å². The van der Waals surface area contributed by atoms with Crippen LogP contribution < -0.4 is 5.73 Å². The van der Waals surface area contributed by atoms with E-state index in [4.69, 9.17) is 10.5 Å². The highest BCUT2D eigenvalue weighted by Gasteiger charge is 2.20. The van der Waals surface area contributed by atoms with Crippen molar-refractivity contribution in [3.05, 3.63) is 35.9 Å². The molecule has 0 amide bonds. The van der Waals surface area contributed by atoms with E-state index in [1.165, 1.54) is 0 Å². The molecule has 0 saturated heterocycles. The molecule has 0 aliphatic heterocycles. The fraction of sp³-hybridized carbons (Fsp3) is 0.462. The van der Waals surface area contributed by atoms with Crippen molar-refractivity contribution in [3.63, 3.8) is 0 Å². The van der Waals surface area contributed by atoms with Crippen molar-refractivity contribution in [2.75, 3.05) is 12.0 Å². The summed E-state index contributed by atoms with van der Waals surface area (Å²) in [6.07, 6.45) is 0.773. The van der Waals surface area contributed by atoms with Gasteiger partial charge in [0, 0.05) is 6.26 Å². The molecule has 2 unspecified atom stereocenters. The molecule has 0 aliphatic rings. The lowest BCUT2D eigenvalue weighted by Gasteiger charge is -2.16. The molecule has 0 saturated carbocycles. The smallest absolute Gasteiger partial charge is 0.323 e. The highest BCUT2D eigenvalue weighted by molar-refractivity contribution is 7.90. The standard InChI is InChI=1S/C13H19NO4S/c1-10(11-6-4-3-5-7-11)18-13(15)12(14)8-9-19(2,16)17/h3-7,10,12H,8-9,14H2,1-2H3. The molecule has 2 N–H and O–H groups in total. The first-order valence-corrected chi connectivity index (χ1v) is 8.04. The fourth-order valence-corrected chi connectivity index (χ4v) is 2.19. The summed E-state index contributed by atoms with van der Waals surface area (Å²) >= 11 is 0. The van der Waals surface area contributed by atoms with Gasteiger partial charge in [0.15, 0.2) is 0 Å². The molecule has 0 aromatic heterocycles. The van der Waals surface area contributed by atoms with E-state index in [1.54, 1.807) is 6.92 Å². The van der Waals surface area contributed by atoms with Gasteiger partial charge in [-0.1, -0.05) is 30.3 Å². The lowest BCUT2D eigenvalue weighted by Crippen LogP contribution is -2.34. The quantitative estimate of drug-likeness (QED) is 0.790. The lowest BCUT2D eigenvalue weighted by atomic mass is 10.1. The Morgan fingerprint density at radius 1 is 1.32 bits per heavy atom. The van der Waals surface area contributed by atoms with Gasteiger partial charge in [0.05, 0.1) is 5.75 Å². The molecule has 0 heterocycles. The van der Waals surface area contributed by atoms with E-state index >= 15 is 0 Å². The molecule has 0 aliphatic carbocycles. The summed E-state index contributed by atoms with van der Waals surface area (Å²) in [6.45, 7) is 1.75. The summed E-state index contributed by atoms with van der Waals surface area (Å²) in [4.78, 5) is 11.7. The van der Waals surface area contributed by atoms with Crippen LogP contribution in [-0.4, -0.2) is 32.4 Å². The van der Waals surface area contributed by atoms with E-state index < -0.39 is 28.0 Å². The van der Waals surface area contributed by atoms with E-state index in [-0.39, 0.29) is 12.2 Å². The van der Waals surface area contributed by atoms with E-state index in [0.717, 1.165) is 11.8 Å². The molecule has 0 fully saturated rings. The molecule has 1 aromatic carbocycles. The molecule has 0 bridgehead atoms. The summed E-state index contributed by atoms with van der Waals surface area (Å²) in [6, 6.07) is 8.35. The van der Waals surface area contributed by atoms with Gasteiger partial charge in [0.1, 0.15) is 22.0 Å². The molecular formula is C13H19NO4S. The van der Waals surface area contributed by atoms with E-state index in [9.17, 15) is 13.2 Å². The molecule has 2 atom stereocenters. The second kappa shape index (κ2) is 6.68. The van der Waals surface area contributed by atoms with Gasteiger partial charge in [-0.15, -0.1) is 0 Å². The third kappa shape index (κ3) is 5.85. The Labute approximate surface area is 113 Å². The predicted molar refractivity (Wildman–Crippen MR) is 73.3 cm³/mol. The van der Waals surface area contributed by atoms with E-state index in [2.05, 4.69) is 0 Å². The molecule has 1 rings (SSSR count). The Hall–Kier alpha value is -1.40. The molecule has 19 heavy (non-hydrogen) atoms. The van der Waals surface area contributed by atoms with Gasteiger partial charge >= 0.3 is 5.97 Å². The zero-order chi connectivity index (χ0) is 14.5. The van der Waals surface area contributed by atoms with Crippen LogP contribution in [0.3, 0.4) is 0 Å². The molecule has 1 aromatic rings. The van der Waals surface area contributed by atoms with Crippen LogP contribution >= 0.6 is 0 Å². The van der Waals surface area contributed by atoms with Crippen LogP contribution in [0.2, 0.25) is 0 Å². The Morgan fingerprint density at radius 3 is 2.42 bits per heavy atom. The maximum atomic E-state index is 11.7. The largest absolute Gasteiger partial charge is 0.457 e. The van der Waals surface area contributed by atoms with E-state index in [1.807, 2.05) is 30.3 Å². The van der Waals surface area contributed by atoms with Crippen LogP contribution in [0.25, 0.3) is 0 Å². The number of ether oxygens (including phenoxy) is 1. The molecule has 0 radical (unpaired) electrons. The van der Waals surface area contributed by atoms with Crippen LogP contribution in [0.5, 0.6) is 0 Å². The van der Waals surface area contributed by atoms with Crippen LogP contribution in [0.15, 0.2) is 30.3 Å². The normalized spacial score (nSPS) is 14.7. The third-order valence-corrected chi connectivity index (χ3v) is 3.64. The monoisotopic (exact) mass is 285 g/mol. The van der Waals surface area contributed by atoms with Crippen LogP contribution in [0, 0.1) is 0 Å². The number of sulfone groups is 1. The number of carbonyl (C=O) groups excluding carboxylic acids is 1. The van der Waals surface area contributed by atoms with Gasteiger partial charge in [0.2, 0.25) is 0 Å². The predicted octanol–water partition coefficient (Wildman–Crippen LogP) is 1.05. The Balaban J connectivity index is 2.50. The van der Waals surface area contributed by atoms with Crippen molar-refractivity contribution in [1.29, 1.82) is 0 Å². The van der Waals surface area contributed by atoms with Gasteiger partial charge < -0.3 is 10.5 Å². The van der Waals surface area contributed by atoms with Gasteiger partial charge in [-0.05, 0) is 18.9 Å². The first-order chi connectivity index (χ1) is 8.79. The Bertz CT molecular complexity index is 513. The first-order valence-electron chi connectivity index (χ1n) is 5.98. The summed E-state index contributed by atoms with van der Waals surface area (Å²) in [7, 11) is -3.12. The Morgan fingerprint density at radius 2 is 1.89 bits per heavy atom. The SMILES string of the molecule is CC(OC(=O)C(N)CCS(C)(=O)=O)c1ccccc1. The summed E-state index contributed by atoms with van der Waals surface area (Å²) in [5.74, 6) is -0.705. The van der Waals surface area contributed by atoms with Gasteiger partial charge in [-0.3, -0.25) is 4.79 Å². The van der Waals surface area contributed by atoms with Crippen LogP contribution in [0.1, 0.15) is 25.0 Å². The number of benzene rings is 1. The Kier molecular flexibility index (Phi) is 5.50. The van der Waals surface area contributed by atoms with Crippen LogP contribution in [0.4, 0.5) is 0 Å². The molecule has 0 spiro atoms. The highest BCUT2D eigenvalue weighted by atomic mass is 32.2. The second-order valence-electron chi connectivity index (χ2n) is 4.51. The topological polar surface area (TPSA) is 86.5 Å². The van der Waals surface area contributed by atoms with Crippen molar-refractivity contribution in [1.82, 2.24) is 0 Å². The lowest BCUT2D eigenvalue weighted by molar-refractivity contribution is -0.150. The summed E-state index contributed by atoms with van der Waals surface area (Å²) in [5, 5.41) is 0. The van der Waals surface area contributed by atoms with Gasteiger partial charge in [0.25, 0.3) is 0 Å². The van der Waals surface area contributed by atoms with E-state index in [0.29, 0.717) is 0 Å². The molecular weight excluding hydrogens is 266 g/mol. The van der Waals surface area contributed by atoms with Crippen molar-refractivity contribution in [2.24, 2.45) is 5.73 Å². The second-order valence-corrected chi connectivity index (χ2v) is 6.77. The maximum absolute atomic E-state index is 11.7. The molecule has 106 valence electrons. The summed E-state index contributed by atoms with van der Waals surface area (Å²) in [5.41, 5.74) is 6.48. The van der Waals surface area contributed by atoms with Crippen molar-refractivity contribution in [3.8, 4) is 0 Å². The summed E-state index contributed by atoms with van der Waals surface area (Å²) < 4.78 is 27.2. The average Bonchev–Trinajstić information content (AvgIpc) is 2.36. The third-order valence-electron chi connectivity index (χ3n) is 2.66. The fourth-order valence-electron chi connectivity index (χ4n) is 1.51. The minimum absolute atomic E-state index is 0.0686. The average molecular weight is 285 g/mol. The number of rotatable bonds is 6. The van der Waals surface area contributed by atoms with Crippen molar-refractivity contribution < 1.29 is 17.9 Å². The number of carbonyl (C=O) groups is 1. The number of hydrogen-bond acceptors (Lipinski definition) is 5. The first kappa shape index (κ1) is 15.7.